The van der Waals surface area contributed by atoms with Crippen molar-refractivity contribution in [3.8, 4) is 0 Å². The summed E-state index contributed by atoms with van der Waals surface area (Å²) in [4.78, 5) is 16.1. The first kappa shape index (κ1) is 42.5. The molecule has 1 atom stereocenters. The summed E-state index contributed by atoms with van der Waals surface area (Å²) >= 11 is 7.99. The maximum absolute atomic E-state index is 12.8. The first-order chi connectivity index (χ1) is 23.5. The molecule has 0 radical (unpaired) electrons. The summed E-state index contributed by atoms with van der Waals surface area (Å²) in [6.45, 7) is 5.59. The van der Waals surface area contributed by atoms with E-state index in [-0.39, 0.29) is 52.8 Å². The number of hydrogen-bond donors (Lipinski definition) is 1. The fourth-order valence-electron chi connectivity index (χ4n) is 6.05. The predicted molar refractivity (Wildman–Crippen MR) is 208 cm³/mol. The van der Waals surface area contributed by atoms with Crippen LogP contribution in [0.25, 0.3) is 23.1 Å². The number of pyridine rings is 1. The molecule has 5 nitrogen and oxygen atoms in total. The molecule has 1 saturated carbocycles. The number of carboxylic acid groups (broad SMARTS) is 1. The van der Waals surface area contributed by atoms with Crippen molar-refractivity contribution in [3.63, 3.8) is 0 Å². The van der Waals surface area contributed by atoms with Gasteiger partial charge >= 0.3 is 29.6 Å². The molecule has 4 N–H and O–H groups in total. The molecule has 1 fully saturated rings. The van der Waals surface area contributed by atoms with Gasteiger partial charge in [-0.15, -0.1) is 0 Å². The molecule has 8 heteroatoms. The van der Waals surface area contributed by atoms with Gasteiger partial charge < -0.3 is 21.2 Å². The second kappa shape index (κ2) is 19.8. The van der Waals surface area contributed by atoms with Crippen LogP contribution >= 0.6 is 23.4 Å². The van der Waals surface area contributed by atoms with E-state index in [9.17, 15) is 15.0 Å². The number of aliphatic carboxylic acids is 1. The smallest absolute Gasteiger partial charge is 0.846 e. The fraction of sp³-hybridized carbons (Fsp3) is 0.302. The summed E-state index contributed by atoms with van der Waals surface area (Å²) in [7, 11) is 0. The third-order valence-electron chi connectivity index (χ3n) is 9.06. The van der Waals surface area contributed by atoms with Gasteiger partial charge in [-0.3, -0.25) is 0 Å². The Labute approximate surface area is 334 Å². The van der Waals surface area contributed by atoms with E-state index in [1.807, 2.05) is 72.4 Å². The average molecular weight is 731 g/mol. The molecule has 4 aromatic carbocycles. The normalized spacial score (nSPS) is 13.7. The van der Waals surface area contributed by atoms with Gasteiger partial charge in [-0.25, -0.2) is 4.98 Å². The van der Waals surface area contributed by atoms with Crippen LogP contribution < -0.4 is 45.9 Å². The molecule has 1 heterocycles. The second-order valence-electron chi connectivity index (χ2n) is 13.5. The Bertz CT molecular complexity index is 1890. The van der Waals surface area contributed by atoms with Crippen LogP contribution in [-0.4, -0.2) is 16.7 Å². The molecule has 0 amide bonds. The molecule has 1 aliphatic rings. The molecule has 0 saturated heterocycles. The molecule has 0 spiro atoms. The molecule has 5 aromatic rings. The van der Waals surface area contributed by atoms with E-state index >= 15 is 0 Å². The van der Waals surface area contributed by atoms with Crippen LogP contribution in [0.2, 0.25) is 5.02 Å². The first-order valence-electron chi connectivity index (χ1n) is 17.0. The molecule has 0 unspecified atom stereocenters. The van der Waals surface area contributed by atoms with Crippen LogP contribution in [0, 0.1) is 5.41 Å². The fourth-order valence-corrected chi connectivity index (χ4v) is 7.78. The minimum absolute atomic E-state index is 0. The van der Waals surface area contributed by atoms with Crippen LogP contribution in [-0.2, 0) is 23.2 Å². The van der Waals surface area contributed by atoms with Gasteiger partial charge in [-0.1, -0.05) is 141 Å². The minimum Gasteiger partial charge on any atom is -0.846 e. The van der Waals surface area contributed by atoms with Crippen molar-refractivity contribution in [1.29, 1.82) is 0 Å². The zero-order valence-corrected chi connectivity index (χ0v) is 34.1. The van der Waals surface area contributed by atoms with Crippen molar-refractivity contribution in [2.45, 2.75) is 70.1 Å². The molecule has 262 valence electrons. The Morgan fingerprint density at radius 1 is 0.941 bits per heavy atom. The number of hydrogen-bond acceptors (Lipinski definition) is 5. The van der Waals surface area contributed by atoms with Gasteiger partial charge in [0, 0.05) is 21.6 Å². The number of fused-ring (bicyclic) bond motifs is 1. The van der Waals surface area contributed by atoms with Crippen LogP contribution in [0.3, 0.4) is 0 Å². The van der Waals surface area contributed by atoms with Crippen molar-refractivity contribution in [2.24, 2.45) is 5.41 Å². The number of aryl methyl sites for hydroxylation is 2. The Morgan fingerprint density at radius 3 is 2.31 bits per heavy atom. The number of thioether (sulfide) groups is 1. The first-order valence-corrected chi connectivity index (χ1v) is 18.4. The van der Waals surface area contributed by atoms with Crippen molar-refractivity contribution < 1.29 is 44.6 Å². The second-order valence-corrected chi connectivity index (χ2v) is 15.1. The number of quaternary nitrogens is 1. The van der Waals surface area contributed by atoms with E-state index in [0.29, 0.717) is 5.02 Å². The maximum Gasteiger partial charge on any atom is 1.00 e. The molecular weight excluding hydrogens is 683 g/mol. The van der Waals surface area contributed by atoms with E-state index in [1.165, 1.54) is 11.1 Å². The standard InChI is InChI=1S/C35H35ClNO3S.C8H10.H3N.Na/c1-34(2,40)30-9-4-3-7-25(30)13-17-32(41-23-35(18-19-35)22-33(38)39)27-8-5-6-24(20-27)10-15-29-16-12-26-11-14-28(36)21-31(26)37-29;1-2-8-6-4-3-5-7-8;;/h3-12,14-16,20-21,32H,13,17-19,22-23H2,1-2H3,(H,38,39);3-7H,2H2,1H3;1H3;/q-1;;;+1/b15-10+;;;/t32-;;;/m1.../s1. The molecule has 0 bridgehead atoms. The molecule has 1 aromatic heterocycles. The van der Waals surface area contributed by atoms with E-state index in [2.05, 4.69) is 67.6 Å². The zero-order chi connectivity index (χ0) is 34.9. The predicted octanol–water partition coefficient (Wildman–Crippen LogP) is 6.61. The number of rotatable bonds is 13. The van der Waals surface area contributed by atoms with Crippen molar-refractivity contribution in [2.75, 3.05) is 5.75 Å². The molecular formula is C43H48ClN2NaO3S. The molecule has 51 heavy (non-hydrogen) atoms. The summed E-state index contributed by atoms with van der Waals surface area (Å²) in [5.41, 5.74) is 5.97. The Kier molecular flexibility index (Phi) is 16.5. The minimum atomic E-state index is -1.17. The maximum atomic E-state index is 12.8. The van der Waals surface area contributed by atoms with Gasteiger partial charge in [-0.05, 0) is 96.2 Å². The Balaban J connectivity index is 0.000000621. The largest absolute Gasteiger partial charge is 1.00 e. The van der Waals surface area contributed by atoms with Gasteiger partial charge in [0.15, 0.2) is 0 Å². The van der Waals surface area contributed by atoms with Crippen molar-refractivity contribution >= 4 is 52.4 Å². The molecule has 1 aliphatic carbocycles. The Hall–Kier alpha value is -2.94. The number of aromatic nitrogens is 1. The number of carbonyl (C=O) groups is 1. The van der Waals surface area contributed by atoms with Crippen molar-refractivity contribution in [3.05, 3.63) is 148 Å². The van der Waals surface area contributed by atoms with E-state index in [0.717, 1.165) is 71.1 Å². The quantitative estimate of drug-likeness (QED) is 0.137. The van der Waals surface area contributed by atoms with Crippen LogP contribution in [0.4, 0.5) is 0 Å². The topological polar surface area (TPSA) is 113 Å². The van der Waals surface area contributed by atoms with Crippen molar-refractivity contribution in [1.82, 2.24) is 11.1 Å². The Morgan fingerprint density at radius 2 is 1.65 bits per heavy atom. The van der Waals surface area contributed by atoms with E-state index in [4.69, 9.17) is 16.6 Å². The monoisotopic (exact) mass is 730 g/mol. The zero-order valence-electron chi connectivity index (χ0n) is 30.5. The summed E-state index contributed by atoms with van der Waals surface area (Å²) in [5, 5.41) is 26.1. The third kappa shape index (κ3) is 12.9. The number of carbonyl (C=O) groups excluding carboxylic acids is 1. The summed E-state index contributed by atoms with van der Waals surface area (Å²) in [5.74, 6) is -0.188. The van der Waals surface area contributed by atoms with Gasteiger partial charge in [0.05, 0.1) is 11.2 Å². The summed E-state index contributed by atoms with van der Waals surface area (Å²) in [6.07, 6.45) is 8.82. The molecule has 0 aliphatic heterocycles. The van der Waals surface area contributed by atoms with Crippen LogP contribution in [0.1, 0.15) is 85.2 Å². The average Bonchev–Trinajstić information content (AvgIpc) is 3.86. The van der Waals surface area contributed by atoms with E-state index < -0.39 is 11.6 Å². The van der Waals surface area contributed by atoms with Gasteiger partial charge in [-0.2, -0.15) is 11.8 Å². The van der Waals surface area contributed by atoms with Crippen LogP contribution in [0.5, 0.6) is 0 Å². The SMILES string of the molecule is CC(C)([O-])c1ccccc1CC[C@@H](SCC1(CC(=O)[O-])CC1)c1cccc(/C=C/c2ccc3ccc(Cl)cc3n2)c1.CCc1ccccc1.[NH4+].[Na+]. The number of benzene rings is 4. The molecule has 6 rings (SSSR count). The number of carboxylic acids is 1. The third-order valence-corrected chi connectivity index (χ3v) is 11.0. The van der Waals surface area contributed by atoms with Gasteiger partial charge in [0.1, 0.15) is 0 Å². The number of nitrogens with zero attached hydrogens (tertiary/aromatic N) is 1. The van der Waals surface area contributed by atoms with Gasteiger partial charge in [0.2, 0.25) is 0 Å². The van der Waals surface area contributed by atoms with Crippen LogP contribution in [0.15, 0.2) is 109 Å². The van der Waals surface area contributed by atoms with Gasteiger partial charge in [0.25, 0.3) is 0 Å². The van der Waals surface area contributed by atoms with E-state index in [1.54, 1.807) is 13.8 Å². The summed E-state index contributed by atoms with van der Waals surface area (Å²) < 4.78 is 0. The summed E-state index contributed by atoms with van der Waals surface area (Å²) in [6, 6.07) is 36.6. The number of halogens is 1.